The molecule has 0 saturated heterocycles. The van der Waals surface area contributed by atoms with Crippen LogP contribution in [0.5, 0.6) is 11.5 Å². The van der Waals surface area contributed by atoms with E-state index in [2.05, 4.69) is 10.3 Å². The van der Waals surface area contributed by atoms with Gasteiger partial charge in [0, 0.05) is 18.7 Å². The lowest BCUT2D eigenvalue weighted by Gasteiger charge is -2.17. The zero-order valence-electron chi connectivity index (χ0n) is 10.5. The molecule has 0 atom stereocenters. The van der Waals surface area contributed by atoms with E-state index in [0.717, 1.165) is 22.5 Å². The smallest absolute Gasteiger partial charge is 0.163 e. The van der Waals surface area contributed by atoms with Gasteiger partial charge in [-0.2, -0.15) is 0 Å². The van der Waals surface area contributed by atoms with E-state index in [1.165, 1.54) is 0 Å². The summed E-state index contributed by atoms with van der Waals surface area (Å²) in [6.45, 7) is 3.41. The van der Waals surface area contributed by atoms with E-state index in [9.17, 15) is 0 Å². The number of nitrogens with zero attached hydrogens (tertiary/aromatic N) is 3. The van der Waals surface area contributed by atoms with E-state index in [4.69, 9.17) is 19.9 Å². The Labute approximate surface area is 110 Å². The van der Waals surface area contributed by atoms with Gasteiger partial charge in [-0.05, 0) is 0 Å². The highest BCUT2D eigenvalue weighted by molar-refractivity contribution is 5.79. The SMILES string of the molecule is NCCOCCn1nnc2cc3c(cc21)OCCO3. The summed E-state index contributed by atoms with van der Waals surface area (Å²) in [7, 11) is 0. The van der Waals surface area contributed by atoms with Gasteiger partial charge in [-0.25, -0.2) is 4.68 Å². The highest BCUT2D eigenvalue weighted by atomic mass is 16.6. The summed E-state index contributed by atoms with van der Waals surface area (Å²) in [6.07, 6.45) is 0. The highest BCUT2D eigenvalue weighted by Gasteiger charge is 2.15. The average molecular weight is 264 g/mol. The second-order valence-electron chi connectivity index (χ2n) is 4.20. The maximum atomic E-state index is 5.56. The summed E-state index contributed by atoms with van der Waals surface area (Å²) in [4.78, 5) is 0. The summed E-state index contributed by atoms with van der Waals surface area (Å²) in [5.74, 6) is 1.47. The first-order valence-corrected chi connectivity index (χ1v) is 6.29. The highest BCUT2D eigenvalue weighted by Crippen LogP contribution is 2.33. The van der Waals surface area contributed by atoms with Gasteiger partial charge in [-0.1, -0.05) is 5.21 Å². The molecule has 0 fully saturated rings. The van der Waals surface area contributed by atoms with Crippen LogP contribution in [0.3, 0.4) is 0 Å². The molecule has 0 radical (unpaired) electrons. The van der Waals surface area contributed by atoms with E-state index in [-0.39, 0.29) is 0 Å². The zero-order valence-corrected chi connectivity index (χ0v) is 10.5. The van der Waals surface area contributed by atoms with Gasteiger partial charge in [0.25, 0.3) is 0 Å². The molecule has 0 amide bonds. The molecule has 102 valence electrons. The average Bonchev–Trinajstić information content (AvgIpc) is 2.83. The minimum Gasteiger partial charge on any atom is -0.486 e. The monoisotopic (exact) mass is 264 g/mol. The molecule has 0 saturated carbocycles. The molecule has 2 heterocycles. The first kappa shape index (κ1) is 12.2. The summed E-state index contributed by atoms with van der Waals surface area (Å²) in [5, 5.41) is 8.23. The van der Waals surface area contributed by atoms with E-state index in [1.807, 2.05) is 12.1 Å². The number of benzene rings is 1. The van der Waals surface area contributed by atoms with Gasteiger partial charge < -0.3 is 19.9 Å². The van der Waals surface area contributed by atoms with Gasteiger partial charge in [0.05, 0.1) is 25.3 Å². The molecule has 0 spiro atoms. The fourth-order valence-corrected chi connectivity index (χ4v) is 2.01. The van der Waals surface area contributed by atoms with Gasteiger partial charge in [-0.15, -0.1) is 5.10 Å². The molecule has 1 aromatic heterocycles. The third-order valence-corrected chi connectivity index (χ3v) is 2.89. The maximum absolute atomic E-state index is 5.56. The van der Waals surface area contributed by atoms with Crippen molar-refractivity contribution in [3.63, 3.8) is 0 Å². The van der Waals surface area contributed by atoms with Crippen LogP contribution in [0.1, 0.15) is 0 Å². The number of hydrogen-bond acceptors (Lipinski definition) is 6. The number of hydrogen-bond donors (Lipinski definition) is 1. The Hall–Kier alpha value is -1.86. The van der Waals surface area contributed by atoms with Crippen molar-refractivity contribution in [3.05, 3.63) is 12.1 Å². The number of fused-ring (bicyclic) bond motifs is 2. The topological polar surface area (TPSA) is 84.4 Å². The van der Waals surface area contributed by atoms with E-state index in [1.54, 1.807) is 4.68 Å². The fourth-order valence-electron chi connectivity index (χ4n) is 2.01. The number of rotatable bonds is 5. The van der Waals surface area contributed by atoms with Crippen LogP contribution in [-0.4, -0.2) is 48.0 Å². The van der Waals surface area contributed by atoms with Crippen LogP contribution in [0.2, 0.25) is 0 Å². The molecule has 2 N–H and O–H groups in total. The van der Waals surface area contributed by atoms with Crippen molar-refractivity contribution < 1.29 is 14.2 Å². The number of ether oxygens (including phenoxy) is 3. The van der Waals surface area contributed by atoms with Crippen molar-refractivity contribution >= 4 is 11.0 Å². The first-order chi connectivity index (χ1) is 9.38. The molecule has 0 aliphatic carbocycles. The third-order valence-electron chi connectivity index (χ3n) is 2.89. The second-order valence-corrected chi connectivity index (χ2v) is 4.20. The molecule has 7 heteroatoms. The standard InChI is InChI=1S/C12H16N4O3/c13-1-3-17-4-2-16-10-8-12-11(18-5-6-19-12)7-9(10)14-15-16/h7-8H,1-6,13H2. The van der Waals surface area contributed by atoms with Crippen molar-refractivity contribution in [2.45, 2.75) is 6.54 Å². The lowest BCUT2D eigenvalue weighted by molar-refractivity contribution is 0.131. The fraction of sp³-hybridized carbons (Fsp3) is 0.500. The predicted molar refractivity (Wildman–Crippen MR) is 68.4 cm³/mol. The van der Waals surface area contributed by atoms with Gasteiger partial charge in [0.15, 0.2) is 11.5 Å². The van der Waals surface area contributed by atoms with Crippen LogP contribution < -0.4 is 15.2 Å². The van der Waals surface area contributed by atoms with E-state index < -0.39 is 0 Å². The summed E-state index contributed by atoms with van der Waals surface area (Å²) < 4.78 is 18.2. The summed E-state index contributed by atoms with van der Waals surface area (Å²) in [5.41, 5.74) is 7.08. The minimum atomic E-state index is 0.525. The Morgan fingerprint density at radius 2 is 2.00 bits per heavy atom. The molecule has 0 bridgehead atoms. The normalized spacial score (nSPS) is 13.9. The largest absolute Gasteiger partial charge is 0.486 e. The van der Waals surface area contributed by atoms with Crippen molar-refractivity contribution in [2.24, 2.45) is 5.73 Å². The molecule has 2 aromatic rings. The van der Waals surface area contributed by atoms with Crippen molar-refractivity contribution in [1.29, 1.82) is 0 Å². The van der Waals surface area contributed by atoms with Crippen molar-refractivity contribution in [3.8, 4) is 11.5 Å². The van der Waals surface area contributed by atoms with Crippen LogP contribution >= 0.6 is 0 Å². The van der Waals surface area contributed by atoms with Gasteiger partial charge in [0.2, 0.25) is 0 Å². The van der Waals surface area contributed by atoms with Crippen LogP contribution in [0.25, 0.3) is 11.0 Å². The van der Waals surface area contributed by atoms with Crippen molar-refractivity contribution in [1.82, 2.24) is 15.0 Å². The molecule has 3 rings (SSSR count). The molecular weight excluding hydrogens is 248 g/mol. The maximum Gasteiger partial charge on any atom is 0.163 e. The second kappa shape index (κ2) is 5.41. The lowest BCUT2D eigenvalue weighted by atomic mass is 10.2. The molecule has 1 aliphatic heterocycles. The van der Waals surface area contributed by atoms with Gasteiger partial charge in [0.1, 0.15) is 18.7 Å². The predicted octanol–water partition coefficient (Wildman–Crippen LogP) is 0.178. The van der Waals surface area contributed by atoms with E-state index in [0.29, 0.717) is 39.5 Å². The van der Waals surface area contributed by atoms with Crippen molar-refractivity contribution in [2.75, 3.05) is 33.0 Å². The lowest BCUT2D eigenvalue weighted by Crippen LogP contribution is -2.15. The Bertz CT molecular complexity index is 569. The van der Waals surface area contributed by atoms with E-state index >= 15 is 0 Å². The number of aromatic nitrogens is 3. The molecule has 0 unspecified atom stereocenters. The van der Waals surface area contributed by atoms with Crippen LogP contribution in [-0.2, 0) is 11.3 Å². The van der Waals surface area contributed by atoms with Crippen LogP contribution in [0.15, 0.2) is 12.1 Å². The Kier molecular flexibility index (Phi) is 3.47. The van der Waals surface area contributed by atoms with Gasteiger partial charge in [-0.3, -0.25) is 0 Å². The first-order valence-electron chi connectivity index (χ1n) is 6.29. The van der Waals surface area contributed by atoms with Crippen LogP contribution in [0, 0.1) is 0 Å². The number of nitrogens with two attached hydrogens (primary N) is 1. The molecule has 1 aromatic carbocycles. The molecular formula is C12H16N4O3. The Morgan fingerprint density at radius 3 is 2.79 bits per heavy atom. The quantitative estimate of drug-likeness (QED) is 0.775. The van der Waals surface area contributed by atoms with Gasteiger partial charge >= 0.3 is 0 Å². The molecule has 1 aliphatic rings. The summed E-state index contributed by atoms with van der Waals surface area (Å²) >= 11 is 0. The Balaban J connectivity index is 1.81. The zero-order chi connectivity index (χ0) is 13.1. The third kappa shape index (κ3) is 2.47. The Morgan fingerprint density at radius 1 is 1.21 bits per heavy atom. The minimum absolute atomic E-state index is 0.525. The molecule has 19 heavy (non-hydrogen) atoms. The molecule has 7 nitrogen and oxygen atoms in total. The summed E-state index contributed by atoms with van der Waals surface area (Å²) in [6, 6.07) is 3.76. The van der Waals surface area contributed by atoms with Crippen LogP contribution in [0.4, 0.5) is 0 Å².